The van der Waals surface area contributed by atoms with Gasteiger partial charge in [-0.15, -0.1) is 11.6 Å². The first-order valence-electron chi connectivity index (χ1n) is 5.57. The molecule has 0 saturated heterocycles. The normalized spacial score (nSPS) is 11.7. The molecule has 0 saturated carbocycles. The van der Waals surface area contributed by atoms with Gasteiger partial charge >= 0.3 is 29.6 Å². The molecule has 0 aliphatic carbocycles. The summed E-state index contributed by atoms with van der Waals surface area (Å²) >= 11 is 3.84. The quantitative estimate of drug-likeness (QED) is 0.535. The molecule has 2 nitrogen and oxygen atoms in total. The SMILES string of the molecule is O=S(O)c1ccc(-c2ccccc2)c(CCCl)c1.[NaH]. The maximum atomic E-state index is 11.1. The van der Waals surface area contributed by atoms with Gasteiger partial charge in [0.15, 0.2) is 11.1 Å². The first-order valence-corrected chi connectivity index (χ1v) is 7.21. The van der Waals surface area contributed by atoms with E-state index in [1.807, 2.05) is 36.4 Å². The third-order valence-electron chi connectivity index (χ3n) is 2.73. The Labute approximate surface area is 142 Å². The van der Waals surface area contributed by atoms with Crippen molar-refractivity contribution in [3.8, 4) is 11.1 Å². The summed E-state index contributed by atoms with van der Waals surface area (Å²) in [5, 5.41) is 0. The number of hydrogen-bond acceptors (Lipinski definition) is 1. The van der Waals surface area contributed by atoms with E-state index in [9.17, 15) is 4.21 Å². The summed E-state index contributed by atoms with van der Waals surface area (Å²) in [6.45, 7) is 0. The molecule has 0 bridgehead atoms. The molecular formula is C14H14ClNaO2S. The number of halogens is 1. The van der Waals surface area contributed by atoms with Gasteiger partial charge in [-0.2, -0.15) is 0 Å². The van der Waals surface area contributed by atoms with Crippen molar-refractivity contribution in [3.63, 3.8) is 0 Å². The van der Waals surface area contributed by atoms with Gasteiger partial charge in [0.1, 0.15) is 0 Å². The van der Waals surface area contributed by atoms with Crippen molar-refractivity contribution in [1.29, 1.82) is 0 Å². The van der Waals surface area contributed by atoms with E-state index in [2.05, 4.69) is 0 Å². The van der Waals surface area contributed by atoms with E-state index < -0.39 is 11.1 Å². The summed E-state index contributed by atoms with van der Waals surface area (Å²) in [5.41, 5.74) is 3.15. The molecule has 96 valence electrons. The molecule has 2 aromatic carbocycles. The Kier molecular flexibility index (Phi) is 7.29. The van der Waals surface area contributed by atoms with Crippen molar-refractivity contribution in [2.75, 3.05) is 5.88 Å². The van der Waals surface area contributed by atoms with Crippen molar-refractivity contribution >= 4 is 52.2 Å². The predicted molar refractivity (Wildman–Crippen MR) is 82.5 cm³/mol. The fraction of sp³-hybridized carbons (Fsp3) is 0.143. The summed E-state index contributed by atoms with van der Waals surface area (Å²) in [6, 6.07) is 15.2. The van der Waals surface area contributed by atoms with Crippen LogP contribution in [0.2, 0.25) is 0 Å². The van der Waals surface area contributed by atoms with Crippen LogP contribution in [0, 0.1) is 0 Å². The first kappa shape index (κ1) is 16.9. The van der Waals surface area contributed by atoms with Crippen LogP contribution in [0.25, 0.3) is 11.1 Å². The van der Waals surface area contributed by atoms with Gasteiger partial charge in [-0.05, 0) is 35.2 Å². The molecule has 0 aliphatic rings. The minimum absolute atomic E-state index is 0. The molecular weight excluding hydrogens is 291 g/mol. The van der Waals surface area contributed by atoms with Gasteiger partial charge in [-0.1, -0.05) is 36.4 Å². The fourth-order valence-electron chi connectivity index (χ4n) is 1.89. The van der Waals surface area contributed by atoms with Crippen LogP contribution in [0.3, 0.4) is 0 Å². The van der Waals surface area contributed by atoms with Crippen molar-refractivity contribution in [1.82, 2.24) is 0 Å². The van der Waals surface area contributed by atoms with Crippen molar-refractivity contribution in [2.24, 2.45) is 0 Å². The summed E-state index contributed by atoms with van der Waals surface area (Å²) in [5.74, 6) is 0.487. The van der Waals surface area contributed by atoms with Crippen LogP contribution >= 0.6 is 11.6 Å². The van der Waals surface area contributed by atoms with Crippen molar-refractivity contribution in [2.45, 2.75) is 11.3 Å². The second-order valence-electron chi connectivity index (χ2n) is 3.87. The fourth-order valence-corrected chi connectivity index (χ4v) is 2.52. The third kappa shape index (κ3) is 4.42. The average Bonchev–Trinajstić information content (AvgIpc) is 2.40. The molecule has 1 N–H and O–H groups in total. The molecule has 19 heavy (non-hydrogen) atoms. The average molecular weight is 305 g/mol. The molecule has 1 atom stereocenters. The van der Waals surface area contributed by atoms with E-state index in [0.717, 1.165) is 16.7 Å². The van der Waals surface area contributed by atoms with Crippen LogP contribution in [0.4, 0.5) is 0 Å². The Balaban J connectivity index is 0.00000180. The van der Waals surface area contributed by atoms with Crippen LogP contribution < -0.4 is 0 Å². The van der Waals surface area contributed by atoms with Gasteiger partial charge in [0.25, 0.3) is 0 Å². The zero-order valence-corrected chi connectivity index (χ0v) is 11.2. The number of alkyl halides is 1. The van der Waals surface area contributed by atoms with E-state index >= 15 is 0 Å². The number of rotatable bonds is 4. The van der Waals surface area contributed by atoms with Gasteiger partial charge in [-0.3, -0.25) is 0 Å². The Morgan fingerprint density at radius 1 is 1.11 bits per heavy atom. The number of benzene rings is 2. The number of aryl methyl sites for hydroxylation is 1. The van der Waals surface area contributed by atoms with Gasteiger partial charge in [0.2, 0.25) is 0 Å². The van der Waals surface area contributed by atoms with Gasteiger partial charge in [-0.25, -0.2) is 4.21 Å². The Morgan fingerprint density at radius 2 is 1.79 bits per heavy atom. The zero-order chi connectivity index (χ0) is 13.0. The second-order valence-corrected chi connectivity index (χ2v) is 5.22. The molecule has 0 fully saturated rings. The van der Waals surface area contributed by atoms with Gasteiger partial charge in [0.05, 0.1) is 4.90 Å². The molecule has 2 rings (SSSR count). The molecule has 0 aromatic heterocycles. The molecule has 0 amide bonds. The van der Waals surface area contributed by atoms with Crippen LogP contribution in [0.5, 0.6) is 0 Å². The monoisotopic (exact) mass is 304 g/mol. The van der Waals surface area contributed by atoms with E-state index in [4.69, 9.17) is 16.2 Å². The first-order chi connectivity index (χ1) is 8.72. The topological polar surface area (TPSA) is 37.3 Å². The van der Waals surface area contributed by atoms with Crippen LogP contribution in [-0.4, -0.2) is 44.2 Å². The van der Waals surface area contributed by atoms with Crippen LogP contribution in [0.15, 0.2) is 53.4 Å². The van der Waals surface area contributed by atoms with Crippen LogP contribution in [0.1, 0.15) is 5.56 Å². The van der Waals surface area contributed by atoms with Gasteiger partial charge in [0, 0.05) is 5.88 Å². The second kappa shape index (κ2) is 8.20. The Bertz CT molecular complexity index is 561. The molecule has 2 aromatic rings. The van der Waals surface area contributed by atoms with E-state index in [1.54, 1.807) is 12.1 Å². The summed E-state index contributed by atoms with van der Waals surface area (Å²) in [6.07, 6.45) is 0.677. The van der Waals surface area contributed by atoms with Crippen molar-refractivity contribution in [3.05, 3.63) is 54.1 Å². The summed E-state index contributed by atoms with van der Waals surface area (Å²) in [4.78, 5) is 0.412. The van der Waals surface area contributed by atoms with E-state index in [-0.39, 0.29) is 29.6 Å². The number of hydrogen-bond donors (Lipinski definition) is 1. The maximum absolute atomic E-state index is 11.1. The Hall–Kier alpha value is -0.160. The molecule has 1 unspecified atom stereocenters. The Morgan fingerprint density at radius 3 is 2.37 bits per heavy atom. The molecule has 5 heteroatoms. The summed E-state index contributed by atoms with van der Waals surface area (Å²) < 4.78 is 20.2. The van der Waals surface area contributed by atoms with E-state index in [0.29, 0.717) is 17.2 Å². The minimum atomic E-state index is -1.95. The van der Waals surface area contributed by atoms with Gasteiger partial charge < -0.3 is 4.55 Å². The van der Waals surface area contributed by atoms with E-state index in [1.165, 1.54) is 0 Å². The molecule has 0 heterocycles. The molecule has 0 aliphatic heterocycles. The summed E-state index contributed by atoms with van der Waals surface area (Å²) in [7, 11) is 0. The zero-order valence-electron chi connectivity index (χ0n) is 9.67. The molecule has 0 spiro atoms. The third-order valence-corrected chi connectivity index (χ3v) is 3.57. The van der Waals surface area contributed by atoms with Crippen LogP contribution in [-0.2, 0) is 17.5 Å². The molecule has 0 radical (unpaired) electrons. The predicted octanol–water partition coefficient (Wildman–Crippen LogP) is 3.07. The standard InChI is InChI=1S/C14H13ClO2S.Na.H/c15-9-8-12-10-13(18(16)17)6-7-14(12)11-4-2-1-3-5-11;;/h1-7,10H,8-9H2,(H,16,17);;. The van der Waals surface area contributed by atoms with Crippen molar-refractivity contribution < 1.29 is 8.76 Å².